The van der Waals surface area contributed by atoms with E-state index in [0.717, 1.165) is 21.0 Å². The standard InChI is InChI=1S/C17H22F3N5O2S2/c1-21-16(22-9-8-15-24-14(11-28-15)17(18,19)20)23-10-12-6-4-5-7-13(12)29(26,27)25(2)3/h4-7,11H,8-10H2,1-3H3,(H2,21,22,23). The topological polar surface area (TPSA) is 86.7 Å². The number of benzene rings is 1. The molecule has 0 bridgehead atoms. The maximum absolute atomic E-state index is 12.6. The molecule has 0 atom stereocenters. The van der Waals surface area contributed by atoms with Crippen molar-refractivity contribution in [3.63, 3.8) is 0 Å². The zero-order valence-corrected chi connectivity index (χ0v) is 17.7. The van der Waals surface area contributed by atoms with Crippen molar-refractivity contribution in [2.24, 2.45) is 4.99 Å². The number of aromatic nitrogens is 1. The van der Waals surface area contributed by atoms with E-state index in [1.807, 2.05) is 0 Å². The molecule has 0 unspecified atom stereocenters. The zero-order valence-electron chi connectivity index (χ0n) is 16.1. The van der Waals surface area contributed by atoms with E-state index in [4.69, 9.17) is 0 Å². The molecule has 1 aromatic heterocycles. The molecule has 0 aliphatic heterocycles. The largest absolute Gasteiger partial charge is 0.434 e. The first kappa shape index (κ1) is 23.1. The second kappa shape index (κ2) is 9.55. The van der Waals surface area contributed by atoms with Gasteiger partial charge in [0.05, 0.1) is 9.90 Å². The molecule has 0 radical (unpaired) electrons. The quantitative estimate of drug-likeness (QED) is 0.501. The number of alkyl halides is 3. The molecule has 0 amide bonds. The highest BCUT2D eigenvalue weighted by molar-refractivity contribution is 7.89. The van der Waals surface area contributed by atoms with Crippen LogP contribution in [0.15, 0.2) is 39.5 Å². The van der Waals surface area contributed by atoms with Gasteiger partial charge >= 0.3 is 6.18 Å². The third kappa shape index (κ3) is 6.15. The minimum absolute atomic E-state index is 0.190. The summed E-state index contributed by atoms with van der Waals surface area (Å²) >= 11 is 0.951. The SMILES string of the molecule is CN=C(NCCc1nc(C(F)(F)F)cs1)NCc1ccccc1S(=O)(=O)N(C)C. The molecule has 0 spiro atoms. The predicted molar refractivity (Wildman–Crippen MR) is 106 cm³/mol. The van der Waals surface area contributed by atoms with Crippen LogP contribution in [0, 0.1) is 0 Å². The van der Waals surface area contributed by atoms with Gasteiger partial charge in [0.1, 0.15) is 0 Å². The van der Waals surface area contributed by atoms with Crippen molar-refractivity contribution in [3.05, 3.63) is 45.9 Å². The van der Waals surface area contributed by atoms with E-state index in [0.29, 0.717) is 29.5 Å². The zero-order chi connectivity index (χ0) is 21.7. The Morgan fingerprint density at radius 1 is 1.24 bits per heavy atom. The summed E-state index contributed by atoms with van der Waals surface area (Å²) in [4.78, 5) is 7.81. The fourth-order valence-electron chi connectivity index (χ4n) is 2.34. The summed E-state index contributed by atoms with van der Waals surface area (Å²) in [6, 6.07) is 6.62. The van der Waals surface area contributed by atoms with Crippen LogP contribution in [0.3, 0.4) is 0 Å². The second-order valence-electron chi connectivity index (χ2n) is 6.12. The number of thiazole rings is 1. The molecule has 29 heavy (non-hydrogen) atoms. The number of guanidine groups is 1. The first-order valence-corrected chi connectivity index (χ1v) is 10.8. The highest BCUT2D eigenvalue weighted by atomic mass is 32.2. The van der Waals surface area contributed by atoms with Crippen LogP contribution in [0.4, 0.5) is 13.2 Å². The molecular formula is C17H22F3N5O2S2. The monoisotopic (exact) mass is 449 g/mol. The third-order valence-electron chi connectivity index (χ3n) is 3.87. The van der Waals surface area contributed by atoms with E-state index in [1.54, 1.807) is 25.2 Å². The van der Waals surface area contributed by atoms with Gasteiger partial charge in [-0.1, -0.05) is 18.2 Å². The Labute approximate surface area is 171 Å². The van der Waals surface area contributed by atoms with E-state index in [-0.39, 0.29) is 11.4 Å². The Hall–Kier alpha value is -2.18. The molecule has 2 N–H and O–H groups in total. The van der Waals surface area contributed by atoms with E-state index < -0.39 is 21.9 Å². The summed E-state index contributed by atoms with van der Waals surface area (Å²) in [7, 11) is 0.876. The van der Waals surface area contributed by atoms with Gasteiger partial charge in [0.25, 0.3) is 0 Å². The summed E-state index contributed by atoms with van der Waals surface area (Å²) in [6.07, 6.45) is -4.15. The predicted octanol–water partition coefficient (Wildman–Crippen LogP) is 2.32. The lowest BCUT2D eigenvalue weighted by atomic mass is 10.2. The van der Waals surface area contributed by atoms with Gasteiger partial charge in [0.2, 0.25) is 10.0 Å². The lowest BCUT2D eigenvalue weighted by Crippen LogP contribution is -2.38. The van der Waals surface area contributed by atoms with Crippen molar-refractivity contribution in [2.45, 2.75) is 24.0 Å². The number of rotatable bonds is 7. The normalized spacial score (nSPS) is 13.0. The Morgan fingerprint density at radius 3 is 2.52 bits per heavy atom. The van der Waals surface area contributed by atoms with Crippen molar-refractivity contribution in [2.75, 3.05) is 27.7 Å². The number of nitrogens with zero attached hydrogens (tertiary/aromatic N) is 3. The molecule has 1 heterocycles. The van der Waals surface area contributed by atoms with Crippen molar-refractivity contribution in [3.8, 4) is 0 Å². The molecule has 1 aromatic carbocycles. The molecule has 160 valence electrons. The van der Waals surface area contributed by atoms with Gasteiger partial charge in [-0.3, -0.25) is 4.99 Å². The Kier molecular flexibility index (Phi) is 7.60. The van der Waals surface area contributed by atoms with Crippen LogP contribution in [0.1, 0.15) is 16.3 Å². The number of nitrogens with one attached hydrogen (secondary N) is 2. The van der Waals surface area contributed by atoms with E-state index in [2.05, 4.69) is 20.6 Å². The lowest BCUT2D eigenvalue weighted by Gasteiger charge is -2.16. The molecular weight excluding hydrogens is 427 g/mol. The molecule has 0 saturated heterocycles. The van der Waals surface area contributed by atoms with Crippen LogP contribution < -0.4 is 10.6 Å². The molecule has 2 rings (SSSR count). The summed E-state index contributed by atoms with van der Waals surface area (Å²) in [6.45, 7) is 0.528. The van der Waals surface area contributed by atoms with Crippen LogP contribution in [0.25, 0.3) is 0 Å². The third-order valence-corrected chi connectivity index (χ3v) is 6.70. The highest BCUT2D eigenvalue weighted by Crippen LogP contribution is 2.30. The Balaban J connectivity index is 1.95. The van der Waals surface area contributed by atoms with Gasteiger partial charge in [-0.25, -0.2) is 17.7 Å². The average Bonchev–Trinajstić information content (AvgIpc) is 3.14. The molecule has 0 aliphatic carbocycles. The minimum Gasteiger partial charge on any atom is -0.356 e. The minimum atomic E-state index is -4.44. The van der Waals surface area contributed by atoms with Crippen molar-refractivity contribution in [1.82, 2.24) is 19.9 Å². The number of hydrogen-bond donors (Lipinski definition) is 2. The number of sulfonamides is 1. The fourth-order valence-corrected chi connectivity index (χ4v) is 4.26. The Morgan fingerprint density at radius 2 is 1.93 bits per heavy atom. The van der Waals surface area contributed by atoms with Crippen LogP contribution >= 0.6 is 11.3 Å². The van der Waals surface area contributed by atoms with Crippen LogP contribution in [0.5, 0.6) is 0 Å². The van der Waals surface area contributed by atoms with Gasteiger partial charge in [0.15, 0.2) is 11.7 Å². The van der Waals surface area contributed by atoms with Crippen molar-refractivity contribution >= 4 is 27.3 Å². The van der Waals surface area contributed by atoms with Gasteiger partial charge in [-0.2, -0.15) is 13.2 Å². The maximum Gasteiger partial charge on any atom is 0.434 e. The average molecular weight is 450 g/mol. The summed E-state index contributed by atoms with van der Waals surface area (Å²) in [5, 5.41) is 7.35. The van der Waals surface area contributed by atoms with Crippen LogP contribution in [-0.2, 0) is 29.2 Å². The molecule has 0 fully saturated rings. The first-order valence-electron chi connectivity index (χ1n) is 8.52. The molecule has 12 heteroatoms. The van der Waals surface area contributed by atoms with E-state index >= 15 is 0 Å². The second-order valence-corrected chi connectivity index (χ2v) is 9.18. The number of hydrogen-bond acceptors (Lipinski definition) is 5. The maximum atomic E-state index is 12.6. The highest BCUT2D eigenvalue weighted by Gasteiger charge is 2.33. The van der Waals surface area contributed by atoms with Crippen molar-refractivity contribution < 1.29 is 21.6 Å². The molecule has 7 nitrogen and oxygen atoms in total. The molecule has 0 saturated carbocycles. The summed E-state index contributed by atoms with van der Waals surface area (Å²) in [5.74, 6) is 0.398. The molecule has 2 aromatic rings. The van der Waals surface area contributed by atoms with Gasteiger partial charge < -0.3 is 10.6 Å². The number of halogens is 3. The Bertz CT molecular complexity index is 956. The van der Waals surface area contributed by atoms with Crippen LogP contribution in [-0.4, -0.2) is 51.4 Å². The first-order chi connectivity index (χ1) is 13.6. The van der Waals surface area contributed by atoms with E-state index in [9.17, 15) is 21.6 Å². The van der Waals surface area contributed by atoms with Gasteiger partial charge in [-0.15, -0.1) is 11.3 Å². The summed E-state index contributed by atoms with van der Waals surface area (Å²) in [5.41, 5.74) is -0.322. The van der Waals surface area contributed by atoms with Crippen molar-refractivity contribution in [1.29, 1.82) is 0 Å². The van der Waals surface area contributed by atoms with Gasteiger partial charge in [0, 0.05) is 46.0 Å². The number of aliphatic imine (C=N–C) groups is 1. The van der Waals surface area contributed by atoms with Gasteiger partial charge in [-0.05, 0) is 11.6 Å². The summed E-state index contributed by atoms with van der Waals surface area (Å²) < 4.78 is 63.8. The smallest absolute Gasteiger partial charge is 0.356 e. The lowest BCUT2D eigenvalue weighted by molar-refractivity contribution is -0.140. The van der Waals surface area contributed by atoms with E-state index in [1.165, 1.54) is 20.2 Å². The van der Waals surface area contributed by atoms with Crippen LogP contribution in [0.2, 0.25) is 0 Å². The molecule has 0 aliphatic rings. The fraction of sp³-hybridized carbons (Fsp3) is 0.412.